The number of nitrogens with one attached hydrogen (secondary N) is 1. The molecule has 0 saturated carbocycles. The van der Waals surface area contributed by atoms with E-state index in [1.54, 1.807) is 14.2 Å². The average molecular weight is 429 g/mol. The third kappa shape index (κ3) is 6.03. The fourth-order valence-electron chi connectivity index (χ4n) is 3.01. The molecule has 30 heavy (non-hydrogen) atoms. The minimum absolute atomic E-state index is 0.223. The number of benzene rings is 2. The molecule has 160 valence electrons. The Morgan fingerprint density at radius 1 is 1.13 bits per heavy atom. The number of ether oxygens (including phenoxy) is 2. The second kappa shape index (κ2) is 11.3. The zero-order valence-corrected chi connectivity index (χ0v) is 18.5. The highest BCUT2D eigenvalue weighted by Gasteiger charge is 2.31. The largest absolute Gasteiger partial charge is 0.493 e. The maximum Gasteiger partial charge on any atom is 0.286 e. The zero-order chi connectivity index (χ0) is 22.1. The number of rotatable bonds is 6. The third-order valence-corrected chi connectivity index (χ3v) is 5.57. The number of aryl methyl sites for hydroxylation is 1. The lowest BCUT2D eigenvalue weighted by molar-refractivity contribution is -0.118. The second-order valence-corrected chi connectivity index (χ2v) is 7.73. The molecule has 0 spiro atoms. The molecule has 0 radical (unpaired) electrons. The lowest BCUT2D eigenvalue weighted by Gasteiger charge is -2.11. The van der Waals surface area contributed by atoms with Crippen molar-refractivity contribution in [3.63, 3.8) is 0 Å². The molecule has 1 unspecified atom stereocenters. The molecule has 3 rings (SSSR count). The molecule has 6 nitrogen and oxygen atoms in total. The maximum absolute atomic E-state index is 11.5. The number of imide groups is 1. The molecule has 0 aromatic heterocycles. The summed E-state index contributed by atoms with van der Waals surface area (Å²) in [6.07, 6.45) is 5.35. The van der Waals surface area contributed by atoms with Crippen molar-refractivity contribution in [2.45, 2.75) is 31.9 Å². The molecule has 1 fully saturated rings. The predicted molar refractivity (Wildman–Crippen MR) is 123 cm³/mol. The van der Waals surface area contributed by atoms with Crippen LogP contribution in [-0.4, -0.2) is 30.6 Å². The molecule has 0 bridgehead atoms. The van der Waals surface area contributed by atoms with Crippen LogP contribution in [0.3, 0.4) is 0 Å². The van der Waals surface area contributed by atoms with Crippen LogP contribution in [0.4, 0.5) is 10.5 Å². The molecule has 2 amide bonds. The number of hydrogen-bond acceptors (Lipinski definition) is 6. The Morgan fingerprint density at radius 2 is 1.87 bits per heavy atom. The molecule has 0 aliphatic carbocycles. The summed E-state index contributed by atoms with van der Waals surface area (Å²) in [6.45, 7) is 4.03. The van der Waals surface area contributed by atoms with E-state index in [1.165, 1.54) is 5.56 Å². The van der Waals surface area contributed by atoms with E-state index < -0.39 is 0 Å². The summed E-state index contributed by atoms with van der Waals surface area (Å²) < 4.78 is 10.3. The normalized spacial score (nSPS) is 15.5. The molecular formula is C23H28N2O4S. The highest BCUT2D eigenvalue weighted by atomic mass is 32.2. The highest BCUT2D eigenvalue weighted by molar-refractivity contribution is 8.15. The van der Waals surface area contributed by atoms with Crippen LogP contribution in [0, 0.1) is 0 Å². The molecule has 1 aliphatic heterocycles. The standard InChI is InChI=1S/C13H14N2O2S.C10H14O2/c1-2-4-9-8(5-3-6-10(9)14)7-11-12(16)15-13(17)18-11;1-4-8-5-6-9(11-2)10(7-8)12-3/h2-6,11H,7,14H2,1H3,(H,15,16,17);5-7H,4H2,1-3H3/b4-2-;. The number of methoxy groups -OCH3 is 2. The third-order valence-electron chi connectivity index (χ3n) is 4.59. The van der Waals surface area contributed by atoms with E-state index in [4.69, 9.17) is 15.2 Å². The van der Waals surface area contributed by atoms with Gasteiger partial charge in [-0.25, -0.2) is 0 Å². The van der Waals surface area contributed by atoms with Crippen molar-refractivity contribution in [2.75, 3.05) is 20.0 Å². The predicted octanol–water partition coefficient (Wildman–Crippen LogP) is 4.46. The summed E-state index contributed by atoms with van der Waals surface area (Å²) in [5.74, 6) is 1.37. The van der Waals surface area contributed by atoms with Gasteiger partial charge in [-0.05, 0) is 49.1 Å². The monoisotopic (exact) mass is 428 g/mol. The van der Waals surface area contributed by atoms with E-state index in [1.807, 2.05) is 55.5 Å². The van der Waals surface area contributed by atoms with Crippen LogP contribution in [0.25, 0.3) is 6.08 Å². The van der Waals surface area contributed by atoms with E-state index in [2.05, 4.69) is 12.2 Å². The van der Waals surface area contributed by atoms with Gasteiger partial charge in [0.25, 0.3) is 5.24 Å². The first-order chi connectivity index (χ1) is 14.4. The summed E-state index contributed by atoms with van der Waals surface area (Å²) in [5.41, 5.74) is 9.76. The molecule has 2 aromatic rings. The van der Waals surface area contributed by atoms with Crippen molar-refractivity contribution in [1.82, 2.24) is 5.32 Å². The van der Waals surface area contributed by atoms with Crippen LogP contribution in [0.5, 0.6) is 11.5 Å². The van der Waals surface area contributed by atoms with Crippen molar-refractivity contribution in [3.8, 4) is 11.5 Å². The Hall–Kier alpha value is -2.93. The summed E-state index contributed by atoms with van der Waals surface area (Å²) in [4.78, 5) is 22.7. The van der Waals surface area contributed by atoms with E-state index in [0.29, 0.717) is 12.1 Å². The number of amides is 2. The molecule has 1 atom stereocenters. The van der Waals surface area contributed by atoms with Gasteiger partial charge in [-0.3, -0.25) is 14.9 Å². The Kier molecular flexibility index (Phi) is 8.80. The molecule has 1 heterocycles. The van der Waals surface area contributed by atoms with Gasteiger partial charge in [-0.1, -0.05) is 49.0 Å². The van der Waals surface area contributed by atoms with Gasteiger partial charge in [0.2, 0.25) is 5.91 Å². The summed E-state index contributed by atoms with van der Waals surface area (Å²) in [6, 6.07) is 11.6. The van der Waals surface area contributed by atoms with Crippen LogP contribution in [-0.2, 0) is 17.6 Å². The highest BCUT2D eigenvalue weighted by Crippen LogP contribution is 2.28. The maximum atomic E-state index is 11.5. The first-order valence-corrected chi connectivity index (χ1v) is 10.5. The van der Waals surface area contributed by atoms with Gasteiger partial charge in [0, 0.05) is 11.3 Å². The van der Waals surface area contributed by atoms with E-state index >= 15 is 0 Å². The lowest BCUT2D eigenvalue weighted by atomic mass is 10.0. The van der Waals surface area contributed by atoms with Crippen LogP contribution in [0.2, 0.25) is 0 Å². The number of anilines is 1. The van der Waals surface area contributed by atoms with Gasteiger partial charge >= 0.3 is 0 Å². The number of nitrogen functional groups attached to an aromatic ring is 1. The zero-order valence-electron chi connectivity index (χ0n) is 17.7. The molecule has 7 heteroatoms. The van der Waals surface area contributed by atoms with Crippen LogP contribution in [0.15, 0.2) is 42.5 Å². The quantitative estimate of drug-likeness (QED) is 0.660. The number of nitrogens with two attached hydrogens (primary N) is 1. The summed E-state index contributed by atoms with van der Waals surface area (Å²) in [7, 11) is 3.29. The Morgan fingerprint density at radius 3 is 2.43 bits per heavy atom. The van der Waals surface area contributed by atoms with Crippen LogP contribution < -0.4 is 20.5 Å². The molecule has 2 aromatic carbocycles. The van der Waals surface area contributed by atoms with Crippen LogP contribution >= 0.6 is 11.8 Å². The fraction of sp³-hybridized carbons (Fsp3) is 0.304. The van der Waals surface area contributed by atoms with Crippen molar-refractivity contribution < 1.29 is 19.1 Å². The van der Waals surface area contributed by atoms with Crippen molar-refractivity contribution in [1.29, 1.82) is 0 Å². The van der Waals surface area contributed by atoms with E-state index in [0.717, 1.165) is 40.8 Å². The van der Waals surface area contributed by atoms with Gasteiger partial charge in [0.15, 0.2) is 11.5 Å². The Bertz CT molecular complexity index is 927. The Labute approximate surface area is 181 Å². The summed E-state index contributed by atoms with van der Waals surface area (Å²) in [5, 5.41) is 1.65. The van der Waals surface area contributed by atoms with E-state index in [-0.39, 0.29) is 16.4 Å². The first-order valence-electron chi connectivity index (χ1n) is 9.65. The minimum atomic E-state index is -0.358. The van der Waals surface area contributed by atoms with Gasteiger partial charge in [0.1, 0.15) is 0 Å². The van der Waals surface area contributed by atoms with Gasteiger partial charge in [-0.2, -0.15) is 0 Å². The van der Waals surface area contributed by atoms with E-state index in [9.17, 15) is 9.59 Å². The van der Waals surface area contributed by atoms with Crippen molar-refractivity contribution >= 4 is 34.7 Å². The Balaban J connectivity index is 0.000000232. The number of carbonyl (C=O) groups excluding carboxylic acids is 2. The smallest absolute Gasteiger partial charge is 0.286 e. The molecule has 1 aliphatic rings. The number of hydrogen-bond donors (Lipinski definition) is 2. The lowest BCUT2D eigenvalue weighted by Crippen LogP contribution is -2.25. The number of allylic oxidation sites excluding steroid dienone is 1. The number of thioether (sulfide) groups is 1. The van der Waals surface area contributed by atoms with Crippen molar-refractivity contribution in [3.05, 3.63) is 59.2 Å². The first kappa shape index (κ1) is 23.3. The van der Waals surface area contributed by atoms with Crippen LogP contribution in [0.1, 0.15) is 30.5 Å². The molecule has 3 N–H and O–H groups in total. The molecule has 1 saturated heterocycles. The SMILES string of the molecule is C/C=C\c1c(N)cccc1CC1SC(=O)NC1=O.CCc1ccc(OC)c(OC)c1. The second-order valence-electron chi connectivity index (χ2n) is 6.55. The minimum Gasteiger partial charge on any atom is -0.493 e. The van der Waals surface area contributed by atoms with Gasteiger partial charge in [-0.15, -0.1) is 0 Å². The number of carbonyl (C=O) groups is 2. The van der Waals surface area contributed by atoms with Gasteiger partial charge in [0.05, 0.1) is 19.5 Å². The van der Waals surface area contributed by atoms with Crippen molar-refractivity contribution in [2.24, 2.45) is 0 Å². The summed E-state index contributed by atoms with van der Waals surface area (Å²) >= 11 is 1.04. The van der Waals surface area contributed by atoms with Gasteiger partial charge < -0.3 is 15.2 Å². The topological polar surface area (TPSA) is 90.7 Å². The molecular weight excluding hydrogens is 400 g/mol. The average Bonchev–Trinajstić information content (AvgIpc) is 3.07. The fourth-order valence-corrected chi connectivity index (χ4v) is 3.86.